The Bertz CT molecular complexity index is 444. The maximum absolute atomic E-state index is 12.4. The number of carbonyl (C=O) groups excluding carboxylic acids is 2. The van der Waals surface area contributed by atoms with Gasteiger partial charge >= 0.3 is 0 Å². The molecule has 4 atom stereocenters. The van der Waals surface area contributed by atoms with Gasteiger partial charge in [-0.2, -0.15) is 0 Å². The van der Waals surface area contributed by atoms with E-state index in [4.69, 9.17) is 16.7 Å². The molecule has 0 bridgehead atoms. The van der Waals surface area contributed by atoms with Gasteiger partial charge in [-0.25, -0.2) is 5.84 Å². The molecule has 8 nitrogen and oxygen atoms in total. The van der Waals surface area contributed by atoms with Crippen LogP contribution in [0.3, 0.4) is 0 Å². The highest BCUT2D eigenvalue weighted by atomic mass is 32.2. The minimum absolute atomic E-state index is 0.132. The van der Waals surface area contributed by atoms with E-state index < -0.39 is 21.6 Å². The third kappa shape index (κ3) is 2.43. The molecule has 114 valence electrons. The Hall–Kier alpha value is -1.45. The quantitative estimate of drug-likeness (QED) is 0.233. The first kappa shape index (κ1) is 16.6. The molecule has 0 aromatic heterocycles. The summed E-state index contributed by atoms with van der Waals surface area (Å²) in [6.45, 7) is 1.90. The van der Waals surface area contributed by atoms with Crippen LogP contribution in [-0.4, -0.2) is 61.2 Å². The number of aliphatic hydroxyl groups is 1. The number of nitrogens with zero attached hydrogens (tertiary/aromatic N) is 2. The number of hydrogen-bond donors (Lipinski definition) is 3. The van der Waals surface area contributed by atoms with Gasteiger partial charge in [-0.05, 0) is 6.92 Å². The second-order valence-corrected chi connectivity index (χ2v) is 6.74. The van der Waals surface area contributed by atoms with Crippen molar-refractivity contribution < 1.29 is 18.9 Å². The van der Waals surface area contributed by atoms with Crippen LogP contribution >= 0.6 is 0 Å². The standard InChI is InChI=1S/C10H16N4O3S.CH4O/c1-10(6-13(12)3-2-11)7(5-15)14-8(16)4-9(14)18(10)17;1-2/h2-3,5,7,9H,4,6,11-12H2,1H3;2H,1H3/b3-2-;. The molecule has 0 spiro atoms. The minimum atomic E-state index is -1.31. The molecule has 0 aliphatic carbocycles. The number of aliphatic hydroxyl groups excluding tert-OH is 1. The van der Waals surface area contributed by atoms with Crippen molar-refractivity contribution in [3.63, 3.8) is 0 Å². The summed E-state index contributed by atoms with van der Waals surface area (Å²) in [6, 6.07) is -0.693. The number of carbonyl (C=O) groups is 2. The number of nitrogens with two attached hydrogens (primary N) is 2. The molecule has 2 heterocycles. The van der Waals surface area contributed by atoms with E-state index in [0.29, 0.717) is 6.29 Å². The topological polar surface area (TPSA) is 130 Å². The van der Waals surface area contributed by atoms with E-state index in [0.717, 1.165) is 7.11 Å². The second-order valence-electron chi connectivity index (χ2n) is 4.66. The van der Waals surface area contributed by atoms with Crippen LogP contribution in [0, 0.1) is 0 Å². The van der Waals surface area contributed by atoms with Crippen LogP contribution in [0.2, 0.25) is 0 Å². The van der Waals surface area contributed by atoms with Gasteiger partial charge in [-0.3, -0.25) is 9.00 Å². The molecule has 0 radical (unpaired) electrons. The van der Waals surface area contributed by atoms with Crippen LogP contribution in [0.5, 0.6) is 0 Å². The number of fused-ring (bicyclic) bond motifs is 1. The van der Waals surface area contributed by atoms with Gasteiger partial charge < -0.3 is 25.5 Å². The van der Waals surface area contributed by atoms with Gasteiger partial charge in [0.2, 0.25) is 5.91 Å². The molecule has 2 fully saturated rings. The smallest absolute Gasteiger partial charge is 0.227 e. The number of amides is 1. The number of aldehydes is 1. The molecular weight excluding hydrogens is 284 g/mol. The zero-order chi connectivity index (χ0) is 15.5. The fourth-order valence-corrected chi connectivity index (χ4v) is 4.58. The molecule has 2 saturated heterocycles. The molecule has 4 unspecified atom stereocenters. The van der Waals surface area contributed by atoms with Gasteiger partial charge in [-0.15, -0.1) is 0 Å². The normalized spacial score (nSPS) is 35.1. The van der Waals surface area contributed by atoms with Crippen molar-refractivity contribution in [2.45, 2.75) is 29.5 Å². The highest BCUT2D eigenvalue weighted by molar-refractivity contribution is 7.87. The molecule has 0 aromatic carbocycles. The predicted octanol–water partition coefficient (Wildman–Crippen LogP) is -2.15. The second kappa shape index (κ2) is 6.33. The van der Waals surface area contributed by atoms with E-state index in [1.807, 2.05) is 0 Å². The molecule has 5 N–H and O–H groups in total. The lowest BCUT2D eigenvalue weighted by Crippen LogP contribution is -2.56. The summed E-state index contributed by atoms with van der Waals surface area (Å²) in [7, 11) is -0.312. The zero-order valence-electron chi connectivity index (χ0n) is 11.4. The van der Waals surface area contributed by atoms with Crippen LogP contribution < -0.4 is 11.6 Å². The van der Waals surface area contributed by atoms with Crippen molar-refractivity contribution in [3.05, 3.63) is 12.4 Å². The van der Waals surface area contributed by atoms with Crippen LogP contribution in [0.25, 0.3) is 0 Å². The highest BCUT2D eigenvalue weighted by Gasteiger charge is 2.62. The SMILES string of the molecule is CC1(CN(N)/C=C\N)C(C=O)N2C(=O)CC2S1=O.CO. The Balaban J connectivity index is 0.000000956. The monoisotopic (exact) mass is 304 g/mol. The lowest BCUT2D eigenvalue weighted by Gasteiger charge is -2.36. The van der Waals surface area contributed by atoms with Crippen LogP contribution in [0.4, 0.5) is 0 Å². The van der Waals surface area contributed by atoms with E-state index in [9.17, 15) is 13.8 Å². The molecule has 0 saturated carbocycles. The van der Waals surface area contributed by atoms with E-state index in [1.165, 1.54) is 22.3 Å². The highest BCUT2D eigenvalue weighted by Crippen LogP contribution is 2.42. The first-order valence-corrected chi connectivity index (χ1v) is 7.18. The molecular formula is C11H20N4O4S. The third-order valence-corrected chi connectivity index (χ3v) is 5.66. The van der Waals surface area contributed by atoms with E-state index in [2.05, 4.69) is 0 Å². The average Bonchev–Trinajstić information content (AvgIpc) is 2.58. The molecule has 2 aliphatic rings. The van der Waals surface area contributed by atoms with Crippen LogP contribution in [0.1, 0.15) is 13.3 Å². The first-order valence-electron chi connectivity index (χ1n) is 5.97. The maximum atomic E-state index is 12.4. The fourth-order valence-electron chi connectivity index (χ4n) is 2.53. The third-order valence-electron chi connectivity index (χ3n) is 3.48. The number of hydrazine groups is 1. The van der Waals surface area contributed by atoms with Crippen molar-refractivity contribution in [1.29, 1.82) is 0 Å². The predicted molar refractivity (Wildman–Crippen MR) is 74.0 cm³/mol. The van der Waals surface area contributed by atoms with Gasteiger partial charge in [0.15, 0.2) is 0 Å². The Kier molecular flexibility index (Phi) is 5.26. The van der Waals surface area contributed by atoms with Crippen molar-refractivity contribution in [2.75, 3.05) is 13.7 Å². The van der Waals surface area contributed by atoms with Crippen molar-refractivity contribution in [1.82, 2.24) is 9.91 Å². The molecule has 1 amide bonds. The maximum Gasteiger partial charge on any atom is 0.227 e. The molecule has 20 heavy (non-hydrogen) atoms. The minimum Gasteiger partial charge on any atom is -0.403 e. The summed E-state index contributed by atoms with van der Waals surface area (Å²) in [5, 5.41) is 7.93. The molecule has 0 aromatic rings. The fraction of sp³-hybridized carbons (Fsp3) is 0.636. The molecule has 2 rings (SSSR count). The van der Waals surface area contributed by atoms with Crippen molar-refractivity contribution >= 4 is 23.0 Å². The summed E-state index contributed by atoms with van der Waals surface area (Å²) in [5.74, 6) is 5.55. The van der Waals surface area contributed by atoms with Gasteiger partial charge in [0.1, 0.15) is 17.7 Å². The van der Waals surface area contributed by atoms with E-state index in [1.54, 1.807) is 6.92 Å². The molecule has 2 aliphatic heterocycles. The number of rotatable bonds is 4. The summed E-state index contributed by atoms with van der Waals surface area (Å²) >= 11 is 0. The number of β-lactam (4-membered cyclic amide) rings is 1. The summed E-state index contributed by atoms with van der Waals surface area (Å²) in [6.07, 6.45) is 3.61. The Labute approximate surface area is 119 Å². The van der Waals surface area contributed by atoms with Crippen molar-refractivity contribution in [2.24, 2.45) is 11.6 Å². The Morgan fingerprint density at radius 3 is 2.65 bits per heavy atom. The Morgan fingerprint density at radius 1 is 1.60 bits per heavy atom. The largest absolute Gasteiger partial charge is 0.403 e. The van der Waals surface area contributed by atoms with Crippen molar-refractivity contribution in [3.8, 4) is 0 Å². The van der Waals surface area contributed by atoms with E-state index >= 15 is 0 Å². The lowest BCUT2D eigenvalue weighted by atomic mass is 9.97. The Morgan fingerprint density at radius 2 is 2.20 bits per heavy atom. The van der Waals surface area contributed by atoms with Gasteiger partial charge in [0, 0.05) is 19.5 Å². The van der Waals surface area contributed by atoms with Gasteiger partial charge in [0.25, 0.3) is 0 Å². The number of hydrogen-bond acceptors (Lipinski definition) is 7. The average molecular weight is 304 g/mol. The van der Waals surface area contributed by atoms with Gasteiger partial charge in [-0.1, -0.05) is 0 Å². The lowest BCUT2D eigenvalue weighted by molar-refractivity contribution is -0.146. The van der Waals surface area contributed by atoms with Crippen LogP contribution in [0.15, 0.2) is 12.4 Å². The summed E-state index contributed by atoms with van der Waals surface area (Å²) < 4.78 is 11.5. The van der Waals surface area contributed by atoms with Gasteiger partial charge in [0.05, 0.1) is 28.5 Å². The zero-order valence-corrected chi connectivity index (χ0v) is 12.2. The van der Waals surface area contributed by atoms with E-state index in [-0.39, 0.29) is 24.2 Å². The molecule has 9 heteroatoms. The first-order chi connectivity index (χ1) is 9.45. The summed E-state index contributed by atoms with van der Waals surface area (Å²) in [5.41, 5.74) is 5.23. The summed E-state index contributed by atoms with van der Waals surface area (Å²) in [4.78, 5) is 24.1. The van der Waals surface area contributed by atoms with Crippen LogP contribution in [-0.2, 0) is 20.4 Å².